The van der Waals surface area contributed by atoms with Crippen molar-refractivity contribution in [2.45, 2.75) is 52.7 Å². The molecule has 0 bridgehead atoms. The highest BCUT2D eigenvalue weighted by molar-refractivity contribution is 6.09. The van der Waals surface area contributed by atoms with Gasteiger partial charge < -0.3 is 14.2 Å². The SMILES string of the molecule is CCOC(=O)[C@@H](OC(C)(C)C)c1c(C)cc2cc(C#N)ccc2c1-c1ccc2c3c(ccnc13)CCO2. The Kier molecular flexibility index (Phi) is 6.35. The zero-order valence-corrected chi connectivity index (χ0v) is 21.8. The fourth-order valence-electron chi connectivity index (χ4n) is 5.16. The van der Waals surface area contributed by atoms with E-state index in [1.165, 1.54) is 5.56 Å². The lowest BCUT2D eigenvalue weighted by Gasteiger charge is -2.30. The maximum atomic E-state index is 13.4. The number of carbonyl (C=O) groups is 1. The smallest absolute Gasteiger partial charge is 0.339 e. The van der Waals surface area contributed by atoms with Crippen molar-refractivity contribution in [1.29, 1.82) is 5.26 Å². The summed E-state index contributed by atoms with van der Waals surface area (Å²) in [5.41, 5.74) is 5.31. The summed E-state index contributed by atoms with van der Waals surface area (Å²) in [5, 5.41) is 12.3. The van der Waals surface area contributed by atoms with E-state index < -0.39 is 17.7 Å². The van der Waals surface area contributed by atoms with Crippen LogP contribution < -0.4 is 4.74 Å². The molecule has 0 amide bonds. The fraction of sp³-hybridized carbons (Fsp3) is 0.323. The summed E-state index contributed by atoms with van der Waals surface area (Å²) in [5.74, 6) is 0.375. The van der Waals surface area contributed by atoms with Crippen LogP contribution in [0.5, 0.6) is 5.75 Å². The number of fused-ring (bicyclic) bond motifs is 1. The first-order valence-electron chi connectivity index (χ1n) is 12.6. The van der Waals surface area contributed by atoms with Crippen LogP contribution in [0.3, 0.4) is 0 Å². The summed E-state index contributed by atoms with van der Waals surface area (Å²) < 4.78 is 17.9. The Morgan fingerprint density at radius 2 is 2.00 bits per heavy atom. The molecular weight excluding hydrogens is 464 g/mol. The summed E-state index contributed by atoms with van der Waals surface area (Å²) in [6.07, 6.45) is 1.69. The van der Waals surface area contributed by atoms with Crippen LogP contribution in [-0.2, 0) is 20.7 Å². The van der Waals surface area contributed by atoms with Gasteiger partial charge in [-0.2, -0.15) is 5.26 Å². The number of nitriles is 1. The van der Waals surface area contributed by atoms with Crippen LogP contribution >= 0.6 is 0 Å². The number of ether oxygens (including phenoxy) is 3. The molecule has 0 fully saturated rings. The second kappa shape index (κ2) is 9.49. The lowest BCUT2D eigenvalue weighted by Crippen LogP contribution is -2.29. The van der Waals surface area contributed by atoms with Gasteiger partial charge >= 0.3 is 5.97 Å². The average molecular weight is 495 g/mol. The number of carbonyl (C=O) groups excluding carboxylic acids is 1. The first-order valence-corrected chi connectivity index (χ1v) is 12.6. The van der Waals surface area contributed by atoms with Crippen molar-refractivity contribution < 1.29 is 19.0 Å². The van der Waals surface area contributed by atoms with Crippen molar-refractivity contribution in [3.05, 3.63) is 70.9 Å². The number of hydrogen-bond donors (Lipinski definition) is 0. The molecule has 1 atom stereocenters. The molecule has 0 spiro atoms. The van der Waals surface area contributed by atoms with Crippen LogP contribution in [-0.4, -0.2) is 29.8 Å². The van der Waals surface area contributed by atoms with Crippen LogP contribution in [0.4, 0.5) is 0 Å². The van der Waals surface area contributed by atoms with Gasteiger partial charge in [0, 0.05) is 29.1 Å². The van der Waals surface area contributed by atoms with E-state index in [1.807, 2.05) is 70.3 Å². The van der Waals surface area contributed by atoms with E-state index in [-0.39, 0.29) is 6.61 Å². The Morgan fingerprint density at radius 1 is 1.19 bits per heavy atom. The molecule has 188 valence electrons. The van der Waals surface area contributed by atoms with Gasteiger partial charge in [-0.15, -0.1) is 0 Å². The molecule has 5 rings (SSSR count). The number of aromatic nitrogens is 1. The molecule has 0 N–H and O–H groups in total. The first-order chi connectivity index (χ1) is 17.7. The minimum Gasteiger partial charge on any atom is -0.493 e. The summed E-state index contributed by atoms with van der Waals surface area (Å²) >= 11 is 0. The summed E-state index contributed by atoms with van der Waals surface area (Å²) in [6, 6.07) is 15.9. The van der Waals surface area contributed by atoms with E-state index in [0.29, 0.717) is 12.2 Å². The largest absolute Gasteiger partial charge is 0.493 e. The summed E-state index contributed by atoms with van der Waals surface area (Å²) in [7, 11) is 0. The highest BCUT2D eigenvalue weighted by atomic mass is 16.6. The quantitative estimate of drug-likeness (QED) is 0.291. The molecule has 3 aromatic carbocycles. The molecular formula is C31H30N2O4. The molecule has 1 aromatic heterocycles. The average Bonchev–Trinajstić information content (AvgIpc) is 2.87. The van der Waals surface area contributed by atoms with Crippen LogP contribution in [0, 0.1) is 18.3 Å². The van der Waals surface area contributed by atoms with Crippen LogP contribution in [0.2, 0.25) is 0 Å². The third-order valence-corrected chi connectivity index (χ3v) is 6.59. The normalized spacial score (nSPS) is 13.7. The summed E-state index contributed by atoms with van der Waals surface area (Å²) in [4.78, 5) is 18.2. The van der Waals surface area contributed by atoms with Crippen LogP contribution in [0.15, 0.2) is 48.7 Å². The van der Waals surface area contributed by atoms with Gasteiger partial charge in [-0.3, -0.25) is 4.98 Å². The first kappa shape index (κ1) is 24.7. The Bertz CT molecular complexity index is 1570. The highest BCUT2D eigenvalue weighted by Gasteiger charge is 2.33. The van der Waals surface area contributed by atoms with E-state index >= 15 is 0 Å². The predicted octanol–water partition coefficient (Wildman–Crippen LogP) is 6.59. The zero-order chi connectivity index (χ0) is 26.3. The van der Waals surface area contributed by atoms with Crippen molar-refractivity contribution >= 4 is 27.6 Å². The van der Waals surface area contributed by atoms with Gasteiger partial charge in [0.2, 0.25) is 0 Å². The Hall–Kier alpha value is -3.95. The number of benzene rings is 3. The number of rotatable bonds is 5. The zero-order valence-electron chi connectivity index (χ0n) is 21.8. The molecule has 4 aromatic rings. The Balaban J connectivity index is 1.90. The van der Waals surface area contributed by atoms with Crippen LogP contribution in [0.1, 0.15) is 56.1 Å². The van der Waals surface area contributed by atoms with Crippen molar-refractivity contribution in [3.63, 3.8) is 0 Å². The number of esters is 1. The van der Waals surface area contributed by atoms with Gasteiger partial charge in [0.1, 0.15) is 5.75 Å². The lowest BCUT2D eigenvalue weighted by molar-refractivity contribution is -0.166. The minimum atomic E-state index is -0.947. The third kappa shape index (κ3) is 4.52. The molecule has 6 heteroatoms. The molecule has 6 nitrogen and oxygen atoms in total. The van der Waals surface area contributed by atoms with Crippen molar-refractivity contribution in [1.82, 2.24) is 4.98 Å². The van der Waals surface area contributed by atoms with Crippen molar-refractivity contribution in [3.8, 4) is 22.9 Å². The van der Waals surface area contributed by atoms with E-state index in [1.54, 1.807) is 13.0 Å². The molecule has 1 aliphatic rings. The van der Waals surface area contributed by atoms with Crippen molar-refractivity contribution in [2.75, 3.05) is 13.2 Å². The molecule has 2 heterocycles. The van der Waals surface area contributed by atoms with E-state index in [0.717, 1.165) is 56.1 Å². The Morgan fingerprint density at radius 3 is 2.73 bits per heavy atom. The summed E-state index contributed by atoms with van der Waals surface area (Å²) in [6.45, 7) is 10.4. The maximum Gasteiger partial charge on any atom is 0.339 e. The molecule has 0 saturated carbocycles. The fourth-order valence-corrected chi connectivity index (χ4v) is 5.16. The van der Waals surface area contributed by atoms with Gasteiger partial charge in [-0.05, 0) is 92.4 Å². The molecule has 1 aliphatic heterocycles. The molecule has 37 heavy (non-hydrogen) atoms. The second-order valence-electron chi connectivity index (χ2n) is 10.3. The van der Waals surface area contributed by atoms with Gasteiger partial charge in [-0.25, -0.2) is 4.79 Å². The molecule has 0 saturated heterocycles. The van der Waals surface area contributed by atoms with Gasteiger partial charge in [0.15, 0.2) is 6.10 Å². The second-order valence-corrected chi connectivity index (χ2v) is 10.3. The van der Waals surface area contributed by atoms with E-state index in [2.05, 4.69) is 6.07 Å². The van der Waals surface area contributed by atoms with Gasteiger partial charge in [-0.1, -0.05) is 12.1 Å². The Labute approximate surface area is 216 Å². The minimum absolute atomic E-state index is 0.246. The third-order valence-electron chi connectivity index (χ3n) is 6.59. The number of nitrogens with zero attached hydrogens (tertiary/aromatic N) is 2. The molecule has 0 radical (unpaired) electrons. The topological polar surface area (TPSA) is 81.4 Å². The maximum absolute atomic E-state index is 13.4. The predicted molar refractivity (Wildman–Crippen MR) is 144 cm³/mol. The number of pyridine rings is 1. The monoisotopic (exact) mass is 494 g/mol. The molecule has 0 unspecified atom stereocenters. The number of aryl methyl sites for hydroxylation is 1. The van der Waals surface area contributed by atoms with E-state index in [4.69, 9.17) is 19.2 Å². The molecule has 0 aliphatic carbocycles. The van der Waals surface area contributed by atoms with E-state index in [9.17, 15) is 10.1 Å². The van der Waals surface area contributed by atoms with Gasteiger partial charge in [0.25, 0.3) is 0 Å². The number of hydrogen-bond acceptors (Lipinski definition) is 6. The standard InChI is InChI=1S/C31H30N2O4/c1-6-35-30(34)29(37-31(3,4)5)25-18(2)15-21-16-19(17-32)7-8-22(21)27(25)23-9-10-24-26-20(12-14-36-24)11-13-33-28(23)26/h7-11,13,15-16,29H,6,12,14H2,1-5H3/t29-/m0/s1. The lowest BCUT2D eigenvalue weighted by atomic mass is 9.85. The highest BCUT2D eigenvalue weighted by Crippen LogP contribution is 2.45. The van der Waals surface area contributed by atoms with Crippen LogP contribution in [0.25, 0.3) is 32.8 Å². The van der Waals surface area contributed by atoms with Crippen molar-refractivity contribution in [2.24, 2.45) is 0 Å². The van der Waals surface area contributed by atoms with Gasteiger partial charge in [0.05, 0.1) is 36.0 Å².